The Bertz CT molecular complexity index is 3320. The van der Waals surface area contributed by atoms with Crippen LogP contribution in [0, 0.1) is 0 Å². The molecular formula is C60H74N12O16. The molecule has 10 atom stereocenters. The van der Waals surface area contributed by atoms with Crippen LogP contribution in [0.15, 0.2) is 103 Å². The van der Waals surface area contributed by atoms with Gasteiger partial charge >= 0.3 is 5.97 Å². The number of aliphatic hydroxyl groups excluding tert-OH is 1. The Labute approximate surface area is 504 Å². The number of carboxylic acids is 1. The predicted molar refractivity (Wildman–Crippen MR) is 316 cm³/mol. The summed E-state index contributed by atoms with van der Waals surface area (Å²) in [5.41, 5.74) is 19.1. The van der Waals surface area contributed by atoms with E-state index in [4.69, 9.17) is 17.2 Å². The molecule has 2 heterocycles. The number of phenols is 3. The van der Waals surface area contributed by atoms with Crippen LogP contribution in [0.4, 0.5) is 0 Å². The molecule has 1 aliphatic rings. The fourth-order valence-electron chi connectivity index (χ4n) is 9.85. The number of likely N-dealkylation sites (tertiary alicyclic amines) is 1. The van der Waals surface area contributed by atoms with Gasteiger partial charge in [0.05, 0.1) is 12.1 Å². The summed E-state index contributed by atoms with van der Waals surface area (Å²) in [4.78, 5) is 153. The maximum atomic E-state index is 14.9. The van der Waals surface area contributed by atoms with Crippen molar-refractivity contribution in [3.63, 3.8) is 0 Å². The van der Waals surface area contributed by atoms with Gasteiger partial charge in [0, 0.05) is 62.2 Å². The SMILES string of the molecule is C[C@H](NC(=O)[C@H](Cc1ccc(O)cc1)NC(=O)[C@H](Cc1ccc(O)cc1)NC(=O)[C@H](CCC(N)=O)NC(=O)[C@@H](N)CCC(N)=O)C(=O)N[C@@H](Cc1ccc(O)cc1)C(=O)N1CCC[C@H]1C(=O)N[C@@H](Cc1c[nH]c2ccccc12)C(=O)N[C@H](C(=O)O)[C@@H](C)O. The van der Waals surface area contributed by atoms with Gasteiger partial charge in [0.1, 0.15) is 59.5 Å². The third-order valence-corrected chi connectivity index (χ3v) is 14.7. The van der Waals surface area contributed by atoms with Crippen LogP contribution >= 0.6 is 0 Å². The Morgan fingerprint density at radius 3 is 1.53 bits per heavy atom. The molecule has 1 aliphatic heterocycles. The average Bonchev–Trinajstić information content (AvgIpc) is 2.45. The number of nitrogens with zero attached hydrogens (tertiary/aromatic N) is 1. The number of hydrogen-bond donors (Lipinski definition) is 16. The average molecular weight is 1220 g/mol. The first-order chi connectivity index (χ1) is 41.8. The van der Waals surface area contributed by atoms with Crippen molar-refractivity contribution in [1.82, 2.24) is 47.1 Å². The lowest BCUT2D eigenvalue weighted by Crippen LogP contribution is -2.60. The molecule has 6 rings (SSSR count). The molecular weight excluding hydrogens is 1140 g/mol. The molecule has 1 saturated heterocycles. The number of aliphatic carboxylic acids is 1. The van der Waals surface area contributed by atoms with Gasteiger partial charge in [-0.3, -0.25) is 47.9 Å². The van der Waals surface area contributed by atoms with Crippen LogP contribution in [0.25, 0.3) is 10.9 Å². The number of carboxylic acid groups (broad SMARTS) is 1. The normalized spacial score (nSPS) is 16.0. The summed E-state index contributed by atoms with van der Waals surface area (Å²) in [6.07, 6.45) is -1.63. The summed E-state index contributed by atoms with van der Waals surface area (Å²) in [6.45, 7) is 2.48. The zero-order valence-corrected chi connectivity index (χ0v) is 48.3. The topological polar surface area (TPSA) is 470 Å². The quantitative estimate of drug-likeness (QED) is 0.0235. The van der Waals surface area contributed by atoms with E-state index >= 15 is 0 Å². The van der Waals surface area contributed by atoms with Crippen LogP contribution in [-0.4, -0.2) is 167 Å². The largest absolute Gasteiger partial charge is 0.508 e. The highest BCUT2D eigenvalue weighted by Crippen LogP contribution is 2.24. The van der Waals surface area contributed by atoms with Gasteiger partial charge in [0.2, 0.25) is 59.1 Å². The van der Waals surface area contributed by atoms with Gasteiger partial charge in [-0.2, -0.15) is 0 Å². The van der Waals surface area contributed by atoms with Gasteiger partial charge in [-0.05, 0) is 104 Å². The van der Waals surface area contributed by atoms with Crippen molar-refractivity contribution in [3.05, 3.63) is 126 Å². The number of hydrogen-bond acceptors (Lipinski definition) is 16. The molecule has 0 unspecified atom stereocenters. The zero-order chi connectivity index (χ0) is 64.4. The maximum Gasteiger partial charge on any atom is 0.328 e. The van der Waals surface area contributed by atoms with Crippen molar-refractivity contribution >= 4 is 75.9 Å². The zero-order valence-electron chi connectivity index (χ0n) is 48.3. The van der Waals surface area contributed by atoms with Gasteiger partial charge < -0.3 is 89.8 Å². The van der Waals surface area contributed by atoms with E-state index in [2.05, 4.69) is 42.2 Å². The third-order valence-electron chi connectivity index (χ3n) is 14.7. The van der Waals surface area contributed by atoms with Crippen LogP contribution in [0.3, 0.4) is 0 Å². The standard InChI is InChI=1S/C60H74N12O16/c1-31(65-55(82)44(26-33-9-15-37(74)16-10-33)68-56(83)45(27-34-11-17-38(75)18-12-34)67-54(81)43(22-24-50(63)78)66-53(80)41(61)21-23-49(62)77)52(79)70-47(28-35-13-19-39(76)20-14-35)59(86)72-25-5-8-48(72)58(85)69-46(57(84)71-51(32(2)73)60(87)88)29-36-30-64-42-7-4-3-6-40(36)42/h3-4,6-7,9-20,30-32,41,43-48,51,64,73-76H,5,8,21-29,61H2,1-2H3,(H2,62,77)(H2,63,78)(H,65,82)(H,66,80)(H,67,81)(H,68,83)(H,69,85)(H,70,79)(H,71,84)(H,87,88)/t31-,32+,41-,43-,44-,45-,46-,47-,48-,51-/m0/s1. The van der Waals surface area contributed by atoms with E-state index < -0.39 is 132 Å². The van der Waals surface area contributed by atoms with E-state index in [0.29, 0.717) is 39.6 Å². The van der Waals surface area contributed by atoms with E-state index in [0.717, 1.165) is 0 Å². The summed E-state index contributed by atoms with van der Waals surface area (Å²) in [5.74, 6) is -10.7. The number of aromatic nitrogens is 1. The number of rotatable bonds is 31. The minimum absolute atomic E-state index is 0.00958. The first-order valence-electron chi connectivity index (χ1n) is 28.3. The Balaban J connectivity index is 1.24. The molecule has 0 radical (unpaired) electrons. The first kappa shape index (κ1) is 67.0. The Morgan fingerprint density at radius 2 is 1.01 bits per heavy atom. The Hall–Kier alpha value is -10.1. The molecule has 10 amide bonds. The lowest BCUT2D eigenvalue weighted by atomic mass is 10.0. The lowest BCUT2D eigenvalue weighted by molar-refractivity contribution is -0.145. The summed E-state index contributed by atoms with van der Waals surface area (Å²) in [7, 11) is 0. The molecule has 1 aromatic heterocycles. The number of aromatic amines is 1. The molecule has 4 aromatic carbocycles. The third kappa shape index (κ3) is 19.5. The van der Waals surface area contributed by atoms with Gasteiger partial charge in [-0.1, -0.05) is 54.6 Å². The Morgan fingerprint density at radius 1 is 0.557 bits per heavy atom. The molecule has 0 spiro atoms. The van der Waals surface area contributed by atoms with Crippen molar-refractivity contribution in [1.29, 1.82) is 0 Å². The molecule has 5 aromatic rings. The van der Waals surface area contributed by atoms with E-state index in [1.54, 1.807) is 30.5 Å². The van der Waals surface area contributed by atoms with Gasteiger partial charge in [-0.15, -0.1) is 0 Å². The highest BCUT2D eigenvalue weighted by molar-refractivity contribution is 5.99. The number of benzene rings is 4. The van der Waals surface area contributed by atoms with Crippen LogP contribution < -0.4 is 54.4 Å². The second-order valence-corrected chi connectivity index (χ2v) is 21.6. The Kier molecular flexibility index (Phi) is 23.9. The smallest absolute Gasteiger partial charge is 0.328 e. The van der Waals surface area contributed by atoms with E-state index in [9.17, 15) is 78.3 Å². The van der Waals surface area contributed by atoms with Crippen LogP contribution in [-0.2, 0) is 78.4 Å². The summed E-state index contributed by atoms with van der Waals surface area (Å²) < 4.78 is 0. The van der Waals surface area contributed by atoms with Crippen molar-refractivity contribution in [2.75, 3.05) is 6.54 Å². The molecule has 1 fully saturated rings. The highest BCUT2D eigenvalue weighted by atomic mass is 16.4. The minimum Gasteiger partial charge on any atom is -0.508 e. The number of carbonyl (C=O) groups is 11. The number of para-hydroxylation sites is 1. The van der Waals surface area contributed by atoms with E-state index in [1.807, 2.05) is 0 Å². The molecule has 28 heteroatoms. The van der Waals surface area contributed by atoms with Gasteiger partial charge in [-0.25, -0.2) is 4.79 Å². The number of carbonyl (C=O) groups excluding carboxylic acids is 10. The maximum absolute atomic E-state index is 14.9. The molecule has 88 heavy (non-hydrogen) atoms. The number of primary amides is 2. The highest BCUT2D eigenvalue weighted by Gasteiger charge is 2.41. The number of aliphatic hydroxyl groups is 1. The minimum atomic E-state index is -1.74. The van der Waals surface area contributed by atoms with E-state index in [-0.39, 0.29) is 75.2 Å². The van der Waals surface area contributed by atoms with Crippen LogP contribution in [0.5, 0.6) is 17.2 Å². The fraction of sp³-hybridized carbons (Fsp3) is 0.383. The molecule has 0 aliphatic carbocycles. The van der Waals surface area contributed by atoms with Gasteiger partial charge in [0.25, 0.3) is 0 Å². The second kappa shape index (κ2) is 31.3. The fourth-order valence-corrected chi connectivity index (χ4v) is 9.85. The molecule has 470 valence electrons. The summed E-state index contributed by atoms with van der Waals surface area (Å²) >= 11 is 0. The van der Waals surface area contributed by atoms with Crippen LogP contribution in [0.1, 0.15) is 74.6 Å². The molecule has 19 N–H and O–H groups in total. The summed E-state index contributed by atoms with van der Waals surface area (Å²) in [6, 6.07) is 10.7. The van der Waals surface area contributed by atoms with Crippen molar-refractivity contribution in [3.8, 4) is 17.2 Å². The predicted octanol–water partition coefficient (Wildman–Crippen LogP) is -1.72. The number of H-pyrrole nitrogens is 1. The number of amides is 10. The van der Waals surface area contributed by atoms with Crippen molar-refractivity contribution in [2.45, 2.75) is 139 Å². The number of nitrogens with two attached hydrogens (primary N) is 3. The number of fused-ring (bicyclic) bond motifs is 1. The van der Waals surface area contributed by atoms with E-state index in [1.165, 1.54) is 91.5 Å². The second-order valence-electron chi connectivity index (χ2n) is 21.6. The summed E-state index contributed by atoms with van der Waals surface area (Å²) in [5, 5.41) is 68.7. The van der Waals surface area contributed by atoms with Crippen molar-refractivity contribution < 1.29 is 78.3 Å². The number of nitrogens with one attached hydrogen (secondary N) is 8. The molecule has 28 nitrogen and oxygen atoms in total. The first-order valence-corrected chi connectivity index (χ1v) is 28.3. The molecule has 0 bridgehead atoms. The van der Waals surface area contributed by atoms with Crippen LogP contribution in [0.2, 0.25) is 0 Å². The van der Waals surface area contributed by atoms with Gasteiger partial charge in [0.15, 0.2) is 6.04 Å². The number of phenolic OH excluding ortho intramolecular Hbond substituents is 3. The monoisotopic (exact) mass is 1220 g/mol. The van der Waals surface area contributed by atoms with Crippen molar-refractivity contribution in [2.24, 2.45) is 17.2 Å². The molecule has 0 saturated carbocycles. The lowest BCUT2D eigenvalue weighted by Gasteiger charge is -2.31. The number of aromatic hydroxyl groups is 3.